The molecular formula is C12H8Cl2N2O2. The standard InChI is InChI=1S/C12H8Cl2N2O2/c13-8-2-1-3-9(11(8)14)16-12(18)10-4-7(6-17)5-15-10/h1-6,15H,(H,16,18). The van der Waals surface area contributed by atoms with Crippen molar-refractivity contribution in [2.45, 2.75) is 0 Å². The molecule has 1 aromatic carbocycles. The van der Waals surface area contributed by atoms with Crippen molar-refractivity contribution in [3.05, 3.63) is 51.8 Å². The van der Waals surface area contributed by atoms with E-state index in [1.54, 1.807) is 18.2 Å². The smallest absolute Gasteiger partial charge is 0.272 e. The minimum Gasteiger partial charge on any atom is -0.356 e. The van der Waals surface area contributed by atoms with Gasteiger partial charge in [-0.2, -0.15) is 0 Å². The summed E-state index contributed by atoms with van der Waals surface area (Å²) in [6.45, 7) is 0. The van der Waals surface area contributed by atoms with Gasteiger partial charge in [-0.3, -0.25) is 9.59 Å². The SMILES string of the molecule is O=Cc1c[nH]c(C(=O)Nc2cccc(Cl)c2Cl)c1. The number of hydrogen-bond donors (Lipinski definition) is 2. The molecule has 2 rings (SSSR count). The van der Waals surface area contributed by atoms with Gasteiger partial charge in [0.05, 0.1) is 15.7 Å². The van der Waals surface area contributed by atoms with E-state index >= 15 is 0 Å². The van der Waals surface area contributed by atoms with Gasteiger partial charge in [0.2, 0.25) is 0 Å². The molecule has 92 valence electrons. The molecule has 0 saturated heterocycles. The second kappa shape index (κ2) is 5.25. The molecule has 0 aliphatic rings. The van der Waals surface area contributed by atoms with Gasteiger partial charge in [-0.1, -0.05) is 29.3 Å². The Morgan fingerprint density at radius 1 is 1.33 bits per heavy atom. The maximum absolute atomic E-state index is 11.8. The van der Waals surface area contributed by atoms with E-state index in [2.05, 4.69) is 10.3 Å². The monoisotopic (exact) mass is 282 g/mol. The van der Waals surface area contributed by atoms with E-state index in [0.717, 1.165) is 0 Å². The summed E-state index contributed by atoms with van der Waals surface area (Å²) < 4.78 is 0. The minimum absolute atomic E-state index is 0.271. The van der Waals surface area contributed by atoms with Crippen LogP contribution in [0, 0.1) is 0 Å². The zero-order chi connectivity index (χ0) is 13.1. The number of aromatic amines is 1. The summed E-state index contributed by atoms with van der Waals surface area (Å²) in [6, 6.07) is 6.38. The maximum Gasteiger partial charge on any atom is 0.272 e. The lowest BCUT2D eigenvalue weighted by Crippen LogP contribution is -2.12. The molecule has 1 amide bonds. The van der Waals surface area contributed by atoms with Crippen LogP contribution >= 0.6 is 23.2 Å². The summed E-state index contributed by atoms with van der Waals surface area (Å²) >= 11 is 11.8. The molecule has 6 heteroatoms. The van der Waals surface area contributed by atoms with Crippen molar-refractivity contribution >= 4 is 41.1 Å². The van der Waals surface area contributed by atoms with Gasteiger partial charge in [0.15, 0.2) is 6.29 Å². The third-order valence-corrected chi connectivity index (χ3v) is 3.10. The lowest BCUT2D eigenvalue weighted by molar-refractivity contribution is 0.102. The molecule has 0 unspecified atom stereocenters. The molecule has 2 N–H and O–H groups in total. The highest BCUT2D eigenvalue weighted by Crippen LogP contribution is 2.29. The molecule has 0 fully saturated rings. The molecule has 18 heavy (non-hydrogen) atoms. The number of halogens is 2. The highest BCUT2D eigenvalue weighted by atomic mass is 35.5. The number of benzene rings is 1. The van der Waals surface area contributed by atoms with Crippen molar-refractivity contribution in [2.75, 3.05) is 5.32 Å². The lowest BCUT2D eigenvalue weighted by Gasteiger charge is -2.06. The number of H-pyrrole nitrogens is 1. The van der Waals surface area contributed by atoms with E-state index in [4.69, 9.17) is 23.2 Å². The Balaban J connectivity index is 2.21. The summed E-state index contributed by atoms with van der Waals surface area (Å²) in [4.78, 5) is 25.0. The van der Waals surface area contributed by atoms with E-state index < -0.39 is 5.91 Å². The zero-order valence-corrected chi connectivity index (χ0v) is 10.5. The quantitative estimate of drug-likeness (QED) is 0.848. The summed E-state index contributed by atoms with van der Waals surface area (Å²) in [5.41, 5.74) is 1.09. The number of amides is 1. The Morgan fingerprint density at radius 2 is 2.11 bits per heavy atom. The Kier molecular flexibility index (Phi) is 3.69. The van der Waals surface area contributed by atoms with Crippen LogP contribution in [0.3, 0.4) is 0 Å². The first-order chi connectivity index (χ1) is 8.61. The predicted octanol–water partition coefficient (Wildman–Crippen LogP) is 3.39. The second-order valence-electron chi connectivity index (χ2n) is 3.52. The molecule has 0 aliphatic carbocycles. The fourth-order valence-corrected chi connectivity index (χ4v) is 1.75. The van der Waals surface area contributed by atoms with E-state index in [-0.39, 0.29) is 10.7 Å². The van der Waals surface area contributed by atoms with Gasteiger partial charge < -0.3 is 10.3 Å². The average molecular weight is 283 g/mol. The highest BCUT2D eigenvalue weighted by Gasteiger charge is 2.11. The maximum atomic E-state index is 11.8. The Morgan fingerprint density at radius 3 is 2.78 bits per heavy atom. The number of carbonyl (C=O) groups is 2. The molecule has 0 spiro atoms. The van der Waals surface area contributed by atoms with Crippen molar-refractivity contribution in [3.8, 4) is 0 Å². The van der Waals surface area contributed by atoms with Crippen LogP contribution < -0.4 is 5.32 Å². The minimum atomic E-state index is -0.396. The first-order valence-electron chi connectivity index (χ1n) is 5.01. The number of carbonyl (C=O) groups excluding carboxylic acids is 2. The largest absolute Gasteiger partial charge is 0.356 e. The molecule has 2 aromatic rings. The van der Waals surface area contributed by atoms with Crippen molar-refractivity contribution in [1.29, 1.82) is 0 Å². The molecule has 1 heterocycles. The highest BCUT2D eigenvalue weighted by molar-refractivity contribution is 6.44. The molecule has 0 aliphatic heterocycles. The second-order valence-corrected chi connectivity index (χ2v) is 4.31. The Bertz CT molecular complexity index is 608. The van der Waals surface area contributed by atoms with Gasteiger partial charge in [-0.05, 0) is 18.2 Å². The van der Waals surface area contributed by atoms with Crippen LogP contribution in [0.2, 0.25) is 10.0 Å². The van der Waals surface area contributed by atoms with Crippen molar-refractivity contribution in [2.24, 2.45) is 0 Å². The number of rotatable bonds is 3. The predicted molar refractivity (Wildman–Crippen MR) is 70.6 cm³/mol. The number of nitrogens with one attached hydrogen (secondary N) is 2. The Hall–Kier alpha value is -1.78. The van der Waals surface area contributed by atoms with Gasteiger partial charge in [0.25, 0.3) is 5.91 Å². The van der Waals surface area contributed by atoms with Gasteiger partial charge >= 0.3 is 0 Å². The normalized spacial score (nSPS) is 10.1. The summed E-state index contributed by atoms with van der Waals surface area (Å²) in [7, 11) is 0. The average Bonchev–Trinajstić information content (AvgIpc) is 2.83. The van der Waals surface area contributed by atoms with Crippen LogP contribution in [0.4, 0.5) is 5.69 Å². The lowest BCUT2D eigenvalue weighted by atomic mass is 10.3. The fraction of sp³-hybridized carbons (Fsp3) is 0. The Labute approximate surface area is 113 Å². The van der Waals surface area contributed by atoms with Crippen LogP contribution in [0.25, 0.3) is 0 Å². The van der Waals surface area contributed by atoms with Gasteiger partial charge in [0, 0.05) is 11.8 Å². The molecule has 0 atom stereocenters. The van der Waals surface area contributed by atoms with Gasteiger partial charge in [-0.25, -0.2) is 0 Å². The summed E-state index contributed by atoms with van der Waals surface area (Å²) in [6.07, 6.45) is 2.10. The molecule has 4 nitrogen and oxygen atoms in total. The van der Waals surface area contributed by atoms with Crippen LogP contribution in [0.1, 0.15) is 20.8 Å². The number of aldehydes is 1. The van der Waals surface area contributed by atoms with Crippen molar-refractivity contribution < 1.29 is 9.59 Å². The molecular weight excluding hydrogens is 275 g/mol. The van der Waals surface area contributed by atoms with E-state index in [0.29, 0.717) is 22.6 Å². The number of hydrogen-bond acceptors (Lipinski definition) is 2. The molecule has 0 radical (unpaired) electrons. The van der Waals surface area contributed by atoms with E-state index in [1.807, 2.05) is 0 Å². The van der Waals surface area contributed by atoms with Crippen molar-refractivity contribution in [3.63, 3.8) is 0 Å². The van der Waals surface area contributed by atoms with Crippen LogP contribution in [-0.4, -0.2) is 17.2 Å². The van der Waals surface area contributed by atoms with Crippen LogP contribution in [0.15, 0.2) is 30.5 Å². The summed E-state index contributed by atoms with van der Waals surface area (Å²) in [5, 5.41) is 3.23. The molecule has 0 bridgehead atoms. The zero-order valence-electron chi connectivity index (χ0n) is 9.04. The van der Waals surface area contributed by atoms with Gasteiger partial charge in [0.1, 0.15) is 5.69 Å². The third kappa shape index (κ3) is 2.55. The number of anilines is 1. The molecule has 1 aromatic heterocycles. The first kappa shape index (κ1) is 12.7. The van der Waals surface area contributed by atoms with Crippen LogP contribution in [0.5, 0.6) is 0 Å². The van der Waals surface area contributed by atoms with Crippen molar-refractivity contribution in [1.82, 2.24) is 4.98 Å². The fourth-order valence-electron chi connectivity index (χ4n) is 1.40. The number of aromatic nitrogens is 1. The first-order valence-corrected chi connectivity index (χ1v) is 5.76. The van der Waals surface area contributed by atoms with Crippen LogP contribution in [-0.2, 0) is 0 Å². The topological polar surface area (TPSA) is 62.0 Å². The molecule has 0 saturated carbocycles. The van der Waals surface area contributed by atoms with Gasteiger partial charge in [-0.15, -0.1) is 0 Å². The third-order valence-electron chi connectivity index (χ3n) is 2.29. The van der Waals surface area contributed by atoms with E-state index in [9.17, 15) is 9.59 Å². The van der Waals surface area contributed by atoms with E-state index in [1.165, 1.54) is 12.3 Å². The summed E-state index contributed by atoms with van der Waals surface area (Å²) in [5.74, 6) is -0.396.